The Balaban J connectivity index is 2.66. The standard InChI is InChI=1S/C16H27IN2O4Si/c1-5-6-7-11-13(20)12(8-17)23-16(11,24(3)4)19-9-10(2)14(21)18-15(19)22/h9,11-13,20,24H,5-8H2,1-4H3,(H,18,21,22)/t11?,12-,13+,16+/m1/s1. The van der Waals surface area contributed by atoms with Crippen LogP contribution >= 0.6 is 22.6 Å². The monoisotopic (exact) mass is 466 g/mol. The zero-order valence-electron chi connectivity index (χ0n) is 14.7. The van der Waals surface area contributed by atoms with Crippen LogP contribution in [0.5, 0.6) is 0 Å². The fraction of sp³-hybridized carbons (Fsp3) is 0.750. The van der Waals surface area contributed by atoms with Gasteiger partial charge in [0.2, 0.25) is 0 Å². The van der Waals surface area contributed by atoms with E-state index in [9.17, 15) is 14.7 Å². The first-order valence-electron chi connectivity index (χ1n) is 8.54. The molecule has 2 heterocycles. The molecule has 1 fully saturated rings. The Morgan fingerprint density at radius 3 is 2.67 bits per heavy atom. The second-order valence-corrected chi connectivity index (χ2v) is 10.9. The highest BCUT2D eigenvalue weighted by Gasteiger charge is 2.57. The third kappa shape index (κ3) is 3.29. The van der Waals surface area contributed by atoms with Crippen LogP contribution in [0, 0.1) is 12.8 Å². The van der Waals surface area contributed by atoms with E-state index in [0.717, 1.165) is 19.3 Å². The SMILES string of the molecule is CCCCC1[C@H](O)[C@@H](CI)O[C@]1(n1cc(C)c(=O)[nH]c1=O)[SiH](C)C. The van der Waals surface area contributed by atoms with E-state index >= 15 is 0 Å². The Bertz CT molecular complexity index is 689. The zero-order valence-corrected chi connectivity index (χ0v) is 18.0. The van der Waals surface area contributed by atoms with Gasteiger partial charge in [0, 0.05) is 22.1 Å². The van der Waals surface area contributed by atoms with Crippen molar-refractivity contribution in [1.29, 1.82) is 0 Å². The molecule has 6 nitrogen and oxygen atoms in total. The van der Waals surface area contributed by atoms with Crippen molar-refractivity contribution in [1.82, 2.24) is 9.55 Å². The van der Waals surface area contributed by atoms with Gasteiger partial charge in [-0.25, -0.2) is 4.79 Å². The number of H-pyrrole nitrogens is 1. The van der Waals surface area contributed by atoms with E-state index in [4.69, 9.17) is 4.74 Å². The van der Waals surface area contributed by atoms with Crippen LogP contribution < -0.4 is 11.2 Å². The van der Waals surface area contributed by atoms with Crippen molar-refractivity contribution in [2.75, 3.05) is 4.43 Å². The summed E-state index contributed by atoms with van der Waals surface area (Å²) in [4.78, 5) is 26.7. The maximum atomic E-state index is 12.6. The number of halogens is 1. The van der Waals surface area contributed by atoms with Crippen molar-refractivity contribution in [3.05, 3.63) is 32.6 Å². The molecule has 1 aliphatic rings. The minimum Gasteiger partial charge on any atom is -0.390 e. The van der Waals surface area contributed by atoms with Crippen LogP contribution in [0.25, 0.3) is 0 Å². The van der Waals surface area contributed by atoms with Crippen LogP contribution in [0.2, 0.25) is 13.1 Å². The van der Waals surface area contributed by atoms with Gasteiger partial charge < -0.3 is 9.84 Å². The first-order valence-corrected chi connectivity index (χ1v) is 13.0. The van der Waals surface area contributed by atoms with Crippen molar-refractivity contribution >= 4 is 31.4 Å². The lowest BCUT2D eigenvalue weighted by atomic mass is 9.93. The van der Waals surface area contributed by atoms with Crippen LogP contribution in [0.1, 0.15) is 31.7 Å². The van der Waals surface area contributed by atoms with Crippen LogP contribution in [0.15, 0.2) is 15.8 Å². The summed E-state index contributed by atoms with van der Waals surface area (Å²) in [5, 5.41) is 10.0. The van der Waals surface area contributed by atoms with E-state index in [1.807, 2.05) is 0 Å². The molecule has 0 radical (unpaired) electrons. The Morgan fingerprint density at radius 1 is 1.46 bits per heavy atom. The van der Waals surface area contributed by atoms with Gasteiger partial charge in [-0.2, -0.15) is 0 Å². The van der Waals surface area contributed by atoms with Crippen molar-refractivity contribution in [2.45, 2.75) is 63.8 Å². The van der Waals surface area contributed by atoms with Gasteiger partial charge >= 0.3 is 5.69 Å². The molecule has 1 unspecified atom stereocenters. The van der Waals surface area contributed by atoms with Gasteiger partial charge in [0.15, 0.2) is 0 Å². The first-order chi connectivity index (χ1) is 11.3. The lowest BCUT2D eigenvalue weighted by Crippen LogP contribution is -2.56. The lowest BCUT2D eigenvalue weighted by molar-refractivity contribution is -0.0554. The number of hydrogen-bond donors (Lipinski definition) is 2. The molecule has 1 aliphatic heterocycles. The molecule has 0 bridgehead atoms. The van der Waals surface area contributed by atoms with Gasteiger partial charge in [-0.15, -0.1) is 0 Å². The number of nitrogens with one attached hydrogen (secondary N) is 1. The number of aryl methyl sites for hydroxylation is 1. The highest BCUT2D eigenvalue weighted by Crippen LogP contribution is 2.44. The summed E-state index contributed by atoms with van der Waals surface area (Å²) < 4.78 is 8.62. The summed E-state index contributed by atoms with van der Waals surface area (Å²) in [5.74, 6) is -0.133. The second-order valence-electron chi connectivity index (χ2n) is 6.90. The predicted octanol–water partition coefficient (Wildman–Crippen LogP) is 1.52. The van der Waals surface area contributed by atoms with E-state index in [0.29, 0.717) is 9.99 Å². The number of aromatic nitrogens is 2. The van der Waals surface area contributed by atoms with Gasteiger partial charge in [-0.3, -0.25) is 14.3 Å². The molecule has 0 aliphatic carbocycles. The summed E-state index contributed by atoms with van der Waals surface area (Å²) in [5.41, 5.74) is -0.339. The molecule has 2 rings (SSSR count). The van der Waals surface area contributed by atoms with Crippen molar-refractivity contribution in [3.63, 3.8) is 0 Å². The number of aliphatic hydroxyl groups is 1. The lowest BCUT2D eigenvalue weighted by Gasteiger charge is -2.40. The van der Waals surface area contributed by atoms with Crippen LogP contribution in [-0.4, -0.2) is 40.1 Å². The molecule has 0 spiro atoms. The number of nitrogens with zero attached hydrogens (tertiary/aromatic N) is 1. The molecular formula is C16H27IN2O4Si. The largest absolute Gasteiger partial charge is 0.390 e. The molecule has 136 valence electrons. The molecule has 4 atom stereocenters. The minimum atomic E-state index is -1.59. The third-order valence-electron chi connectivity index (χ3n) is 5.01. The summed E-state index contributed by atoms with van der Waals surface area (Å²) in [7, 11) is -1.59. The zero-order chi connectivity index (χ0) is 18.1. The number of hydrogen-bond acceptors (Lipinski definition) is 4. The molecule has 8 heteroatoms. The quantitative estimate of drug-likeness (QED) is 0.379. The van der Waals surface area contributed by atoms with Gasteiger partial charge in [-0.1, -0.05) is 55.5 Å². The van der Waals surface area contributed by atoms with Gasteiger partial charge in [0.05, 0.1) is 21.0 Å². The van der Waals surface area contributed by atoms with E-state index in [-0.39, 0.29) is 17.6 Å². The van der Waals surface area contributed by atoms with Gasteiger partial charge in [-0.05, 0) is 13.3 Å². The van der Waals surface area contributed by atoms with Gasteiger partial charge in [0.1, 0.15) is 5.35 Å². The third-order valence-corrected chi connectivity index (χ3v) is 8.37. The average molecular weight is 466 g/mol. The number of ether oxygens (including phenoxy) is 1. The van der Waals surface area contributed by atoms with E-state index in [1.165, 1.54) is 0 Å². The second kappa shape index (κ2) is 7.84. The van der Waals surface area contributed by atoms with Crippen LogP contribution in [0.3, 0.4) is 0 Å². The number of unbranched alkanes of at least 4 members (excludes halogenated alkanes) is 1. The fourth-order valence-corrected chi connectivity index (χ4v) is 6.85. The van der Waals surface area contributed by atoms with E-state index in [1.54, 1.807) is 17.7 Å². The summed E-state index contributed by atoms with van der Waals surface area (Å²) >= 11 is 2.22. The first kappa shape index (κ1) is 19.9. The Hall–Kier alpha value is -0.453. The highest BCUT2D eigenvalue weighted by atomic mass is 127. The number of alkyl halides is 1. The normalized spacial score (nSPS) is 30.2. The maximum absolute atomic E-state index is 12.6. The van der Waals surface area contributed by atoms with E-state index < -0.39 is 25.9 Å². The molecule has 0 aromatic carbocycles. The summed E-state index contributed by atoms with van der Waals surface area (Å²) in [6, 6.07) is 0. The predicted molar refractivity (Wildman–Crippen MR) is 106 cm³/mol. The highest BCUT2D eigenvalue weighted by molar-refractivity contribution is 14.1. The van der Waals surface area contributed by atoms with Crippen LogP contribution in [0.4, 0.5) is 0 Å². The molecular weight excluding hydrogens is 439 g/mol. The molecule has 2 N–H and O–H groups in total. The van der Waals surface area contributed by atoms with E-state index in [2.05, 4.69) is 47.6 Å². The molecule has 1 aromatic rings. The van der Waals surface area contributed by atoms with Crippen molar-refractivity contribution in [3.8, 4) is 0 Å². The number of rotatable bonds is 6. The van der Waals surface area contributed by atoms with Gasteiger partial charge in [0.25, 0.3) is 5.56 Å². The molecule has 24 heavy (non-hydrogen) atoms. The van der Waals surface area contributed by atoms with Crippen LogP contribution in [-0.2, 0) is 10.1 Å². The Morgan fingerprint density at radius 2 is 2.12 bits per heavy atom. The minimum absolute atomic E-state index is 0.133. The topological polar surface area (TPSA) is 84.3 Å². The fourth-order valence-electron chi connectivity index (χ4n) is 3.73. The smallest absolute Gasteiger partial charge is 0.330 e. The summed E-state index contributed by atoms with van der Waals surface area (Å²) in [6.07, 6.45) is 3.52. The Kier molecular flexibility index (Phi) is 6.49. The number of aliphatic hydroxyl groups excluding tert-OH is 1. The Labute approximate surface area is 157 Å². The molecule has 1 saturated heterocycles. The molecule has 0 saturated carbocycles. The molecule has 0 amide bonds. The van der Waals surface area contributed by atoms with Crippen molar-refractivity contribution < 1.29 is 9.84 Å². The van der Waals surface area contributed by atoms with Crippen molar-refractivity contribution in [2.24, 2.45) is 5.92 Å². The molecule has 1 aromatic heterocycles. The number of aromatic amines is 1. The summed E-state index contributed by atoms with van der Waals surface area (Å²) in [6.45, 7) is 8.07. The maximum Gasteiger partial charge on any atom is 0.330 e. The average Bonchev–Trinajstić information content (AvgIpc) is 2.82.